The van der Waals surface area contributed by atoms with Gasteiger partial charge < -0.3 is 5.21 Å². The number of hydrogen-bond acceptors (Lipinski definition) is 2. The van der Waals surface area contributed by atoms with Crippen molar-refractivity contribution in [3.63, 3.8) is 0 Å². The number of benzene rings is 2. The smallest absolute Gasteiger partial charge is 0.216 e. The first-order chi connectivity index (χ1) is 8.29. The van der Waals surface area contributed by atoms with Crippen LogP contribution in [0.2, 0.25) is 0 Å². The minimum Gasteiger partial charge on any atom is -0.618 e. The monoisotopic (exact) mass is 222 g/mol. The molecule has 0 atom stereocenters. The van der Waals surface area contributed by atoms with Crippen molar-refractivity contribution in [2.75, 3.05) is 0 Å². The zero-order chi connectivity index (χ0) is 12.1. The fourth-order valence-corrected chi connectivity index (χ4v) is 1.43. The lowest BCUT2D eigenvalue weighted by Crippen LogP contribution is -1.98. The molecule has 0 unspecified atom stereocenters. The zero-order valence-corrected chi connectivity index (χ0v) is 9.08. The van der Waals surface area contributed by atoms with E-state index in [4.69, 9.17) is 5.26 Å². The third kappa shape index (κ3) is 2.70. The first-order valence-corrected chi connectivity index (χ1v) is 5.16. The van der Waals surface area contributed by atoms with Crippen LogP contribution in [0.1, 0.15) is 11.1 Å². The summed E-state index contributed by atoms with van der Waals surface area (Å²) in [6.45, 7) is 0. The molecule has 2 aromatic carbocycles. The van der Waals surface area contributed by atoms with Crippen LogP contribution in [0, 0.1) is 16.5 Å². The van der Waals surface area contributed by atoms with Gasteiger partial charge in [-0.2, -0.15) is 10.0 Å². The Morgan fingerprint density at radius 1 is 1.00 bits per heavy atom. The van der Waals surface area contributed by atoms with Crippen LogP contribution in [0.3, 0.4) is 0 Å². The second-order valence-electron chi connectivity index (χ2n) is 3.52. The Hall–Kier alpha value is -2.60. The van der Waals surface area contributed by atoms with Gasteiger partial charge in [-0.25, -0.2) is 0 Å². The molecule has 17 heavy (non-hydrogen) atoms. The van der Waals surface area contributed by atoms with E-state index in [1.807, 2.05) is 24.3 Å². The molecule has 0 aromatic heterocycles. The molecular formula is C14H10N2O. The van der Waals surface area contributed by atoms with E-state index in [1.165, 1.54) is 6.21 Å². The summed E-state index contributed by atoms with van der Waals surface area (Å²) in [6.07, 6.45) is 1.48. The molecule has 2 aromatic rings. The molecule has 3 nitrogen and oxygen atoms in total. The highest BCUT2D eigenvalue weighted by Crippen LogP contribution is 2.09. The molecule has 0 bridgehead atoms. The van der Waals surface area contributed by atoms with Crippen molar-refractivity contribution in [3.8, 4) is 6.07 Å². The Kier molecular flexibility index (Phi) is 3.18. The Bertz CT molecular complexity index is 565. The predicted molar refractivity (Wildman–Crippen MR) is 66.1 cm³/mol. The second kappa shape index (κ2) is 4.95. The standard InChI is InChI=1S/C14H10N2O/c15-10-12-6-8-13(9-7-12)11-16(17)14-4-2-1-3-5-14/h1-9,11H. The normalized spacial score (nSPS) is 10.9. The van der Waals surface area contributed by atoms with Gasteiger partial charge in [0.15, 0.2) is 6.21 Å². The highest BCUT2D eigenvalue weighted by molar-refractivity contribution is 5.76. The van der Waals surface area contributed by atoms with Gasteiger partial charge in [0, 0.05) is 17.7 Å². The Morgan fingerprint density at radius 2 is 1.65 bits per heavy atom. The zero-order valence-electron chi connectivity index (χ0n) is 9.08. The summed E-state index contributed by atoms with van der Waals surface area (Å²) < 4.78 is 0.807. The summed E-state index contributed by atoms with van der Waals surface area (Å²) in [5, 5.41) is 20.4. The van der Waals surface area contributed by atoms with Crippen molar-refractivity contribution >= 4 is 11.9 Å². The van der Waals surface area contributed by atoms with Crippen molar-refractivity contribution in [1.82, 2.24) is 0 Å². The molecule has 0 aliphatic heterocycles. The molecule has 3 heteroatoms. The lowest BCUT2D eigenvalue weighted by molar-refractivity contribution is -0.354. The molecular weight excluding hydrogens is 212 g/mol. The quantitative estimate of drug-likeness (QED) is 0.339. The van der Waals surface area contributed by atoms with E-state index in [-0.39, 0.29) is 0 Å². The van der Waals surface area contributed by atoms with Gasteiger partial charge in [0.05, 0.1) is 11.6 Å². The van der Waals surface area contributed by atoms with E-state index >= 15 is 0 Å². The summed E-state index contributed by atoms with van der Waals surface area (Å²) in [7, 11) is 0. The second-order valence-corrected chi connectivity index (χ2v) is 3.52. The predicted octanol–water partition coefficient (Wildman–Crippen LogP) is 2.82. The first-order valence-electron chi connectivity index (χ1n) is 5.16. The fourth-order valence-electron chi connectivity index (χ4n) is 1.43. The molecule has 0 heterocycles. The van der Waals surface area contributed by atoms with Crippen LogP contribution in [0.25, 0.3) is 0 Å². The van der Waals surface area contributed by atoms with Crippen molar-refractivity contribution in [1.29, 1.82) is 5.26 Å². The summed E-state index contributed by atoms with van der Waals surface area (Å²) in [5.74, 6) is 0. The molecule has 0 saturated heterocycles. The average molecular weight is 222 g/mol. The number of para-hydroxylation sites is 1. The molecule has 0 spiro atoms. The number of rotatable bonds is 2. The van der Waals surface area contributed by atoms with Crippen LogP contribution >= 0.6 is 0 Å². The summed E-state index contributed by atoms with van der Waals surface area (Å²) in [5.41, 5.74) is 1.93. The van der Waals surface area contributed by atoms with Gasteiger partial charge in [0.25, 0.3) is 0 Å². The van der Waals surface area contributed by atoms with Gasteiger partial charge in [-0.1, -0.05) is 18.2 Å². The van der Waals surface area contributed by atoms with E-state index in [0.29, 0.717) is 11.3 Å². The largest absolute Gasteiger partial charge is 0.618 e. The third-order valence-electron chi connectivity index (χ3n) is 2.32. The molecule has 0 saturated carbocycles. The van der Waals surface area contributed by atoms with Gasteiger partial charge in [-0.05, 0) is 24.3 Å². The Labute approximate surface area is 99.5 Å². The maximum atomic E-state index is 11.8. The molecule has 0 aliphatic carbocycles. The van der Waals surface area contributed by atoms with E-state index in [1.54, 1.807) is 36.4 Å². The number of hydrogen-bond donors (Lipinski definition) is 0. The lowest BCUT2D eigenvalue weighted by Gasteiger charge is -2.02. The summed E-state index contributed by atoms with van der Waals surface area (Å²) in [4.78, 5) is 0. The van der Waals surface area contributed by atoms with Gasteiger partial charge in [-0.15, -0.1) is 0 Å². The fraction of sp³-hybridized carbons (Fsp3) is 0. The van der Waals surface area contributed by atoms with Crippen LogP contribution < -0.4 is 0 Å². The van der Waals surface area contributed by atoms with Crippen LogP contribution in [0.5, 0.6) is 0 Å². The highest BCUT2D eigenvalue weighted by atomic mass is 16.5. The SMILES string of the molecule is N#Cc1ccc(C=[N+]([O-])c2ccccc2)cc1. The topological polar surface area (TPSA) is 49.9 Å². The highest BCUT2D eigenvalue weighted by Gasteiger charge is 2.00. The molecule has 0 amide bonds. The van der Waals surface area contributed by atoms with Crippen molar-refractivity contribution in [2.45, 2.75) is 0 Å². The van der Waals surface area contributed by atoms with Gasteiger partial charge in [0.1, 0.15) is 0 Å². The minimum absolute atomic E-state index is 0.580. The number of nitrogens with zero attached hydrogens (tertiary/aromatic N) is 2. The lowest BCUT2D eigenvalue weighted by atomic mass is 10.2. The number of nitriles is 1. The van der Waals surface area contributed by atoms with Crippen molar-refractivity contribution < 1.29 is 4.74 Å². The molecule has 0 N–H and O–H groups in total. The molecule has 0 aliphatic rings. The maximum Gasteiger partial charge on any atom is 0.216 e. The first kappa shape index (κ1) is 10.9. The van der Waals surface area contributed by atoms with Crippen LogP contribution in [0.15, 0.2) is 54.6 Å². The molecule has 0 fully saturated rings. The average Bonchev–Trinajstić information content (AvgIpc) is 2.40. The van der Waals surface area contributed by atoms with Crippen LogP contribution in [0.4, 0.5) is 5.69 Å². The van der Waals surface area contributed by atoms with E-state index in [2.05, 4.69) is 0 Å². The van der Waals surface area contributed by atoms with Gasteiger partial charge in [-0.3, -0.25) is 0 Å². The van der Waals surface area contributed by atoms with E-state index in [0.717, 1.165) is 10.3 Å². The maximum absolute atomic E-state index is 11.8. The third-order valence-corrected chi connectivity index (χ3v) is 2.32. The summed E-state index contributed by atoms with van der Waals surface area (Å²) >= 11 is 0. The van der Waals surface area contributed by atoms with Gasteiger partial charge in [0.2, 0.25) is 5.69 Å². The Balaban J connectivity index is 2.27. The van der Waals surface area contributed by atoms with E-state index in [9.17, 15) is 5.21 Å². The van der Waals surface area contributed by atoms with E-state index < -0.39 is 0 Å². The van der Waals surface area contributed by atoms with Crippen molar-refractivity contribution in [3.05, 3.63) is 70.9 Å². The minimum atomic E-state index is 0.580. The Morgan fingerprint density at radius 3 is 2.24 bits per heavy atom. The molecule has 82 valence electrons. The van der Waals surface area contributed by atoms with Gasteiger partial charge >= 0.3 is 0 Å². The van der Waals surface area contributed by atoms with Crippen molar-refractivity contribution in [2.24, 2.45) is 0 Å². The molecule has 0 radical (unpaired) electrons. The molecule has 2 rings (SSSR count). The van der Waals surface area contributed by atoms with Crippen LogP contribution in [-0.2, 0) is 0 Å². The van der Waals surface area contributed by atoms with Crippen LogP contribution in [-0.4, -0.2) is 11.0 Å². The summed E-state index contributed by atoms with van der Waals surface area (Å²) in [6, 6.07) is 17.9.